The Balaban J connectivity index is 2.17. The van der Waals surface area contributed by atoms with Gasteiger partial charge in [-0.1, -0.05) is 18.2 Å². The van der Waals surface area contributed by atoms with Gasteiger partial charge < -0.3 is 15.4 Å². The molecule has 0 radical (unpaired) electrons. The maximum Gasteiger partial charge on any atom is 0.257 e. The summed E-state index contributed by atoms with van der Waals surface area (Å²) in [6.07, 6.45) is 1.85. The molecule has 0 aliphatic rings. The number of nitrogens with one attached hydrogen (secondary N) is 2. The van der Waals surface area contributed by atoms with Gasteiger partial charge in [-0.15, -0.1) is 0 Å². The Bertz CT molecular complexity index is 704. The molecule has 2 rings (SSSR count). The topological polar surface area (TPSA) is 67.4 Å². The van der Waals surface area contributed by atoms with Gasteiger partial charge in [0, 0.05) is 11.8 Å². The van der Waals surface area contributed by atoms with Crippen molar-refractivity contribution >= 4 is 35.0 Å². The molecule has 2 aromatic carbocycles. The van der Waals surface area contributed by atoms with Crippen molar-refractivity contribution in [2.45, 2.75) is 0 Å². The van der Waals surface area contributed by atoms with Gasteiger partial charge in [0.2, 0.25) is 5.91 Å². The molecule has 0 unspecified atom stereocenters. The van der Waals surface area contributed by atoms with Gasteiger partial charge in [0.1, 0.15) is 5.75 Å². The second-order valence-electron chi connectivity index (χ2n) is 4.71. The fraction of sp³-hybridized carbons (Fsp3) is 0.176. The molecule has 0 bridgehead atoms. The Labute approximate surface area is 139 Å². The number of methoxy groups -OCH3 is 1. The molecule has 0 saturated carbocycles. The first-order valence-electron chi connectivity index (χ1n) is 6.97. The van der Waals surface area contributed by atoms with Crippen molar-refractivity contribution < 1.29 is 14.3 Å². The number of thioether (sulfide) groups is 1. The molecular weight excluding hydrogens is 312 g/mol. The molecule has 0 saturated heterocycles. The maximum absolute atomic E-state index is 12.5. The first-order valence-corrected chi connectivity index (χ1v) is 8.36. The summed E-state index contributed by atoms with van der Waals surface area (Å²) in [5.41, 5.74) is 1.52. The van der Waals surface area contributed by atoms with E-state index in [9.17, 15) is 9.59 Å². The van der Waals surface area contributed by atoms with Gasteiger partial charge in [0.05, 0.1) is 24.1 Å². The fourth-order valence-electron chi connectivity index (χ4n) is 2.01. The minimum Gasteiger partial charge on any atom is -0.497 e. The van der Waals surface area contributed by atoms with Crippen LogP contribution >= 0.6 is 11.8 Å². The minimum atomic E-state index is -0.293. The summed E-state index contributed by atoms with van der Waals surface area (Å²) in [4.78, 5) is 24.2. The van der Waals surface area contributed by atoms with E-state index in [1.807, 2.05) is 6.26 Å². The number of carbonyl (C=O) groups excluding carboxylic acids is 2. The molecule has 2 aromatic rings. The zero-order valence-electron chi connectivity index (χ0n) is 13.0. The van der Waals surface area contributed by atoms with E-state index in [-0.39, 0.29) is 11.8 Å². The Morgan fingerprint density at radius 2 is 1.87 bits per heavy atom. The van der Waals surface area contributed by atoms with Crippen LogP contribution in [-0.2, 0) is 4.79 Å². The lowest BCUT2D eigenvalue weighted by atomic mass is 10.1. The van der Waals surface area contributed by atoms with E-state index in [0.717, 1.165) is 0 Å². The monoisotopic (exact) mass is 330 g/mol. The van der Waals surface area contributed by atoms with Gasteiger partial charge in [0.15, 0.2) is 0 Å². The van der Waals surface area contributed by atoms with Crippen LogP contribution in [0.1, 0.15) is 10.4 Å². The van der Waals surface area contributed by atoms with E-state index < -0.39 is 0 Å². The van der Waals surface area contributed by atoms with Gasteiger partial charge in [-0.2, -0.15) is 11.8 Å². The number of rotatable bonds is 6. The van der Waals surface area contributed by atoms with Crippen molar-refractivity contribution in [2.75, 3.05) is 29.8 Å². The van der Waals surface area contributed by atoms with E-state index in [4.69, 9.17) is 4.74 Å². The SMILES string of the molecule is COc1cccc(NC(=O)c2ccccc2NC(=O)CSC)c1. The molecule has 0 fully saturated rings. The number of anilines is 2. The number of amides is 2. The molecule has 0 spiro atoms. The number of hydrogen-bond acceptors (Lipinski definition) is 4. The molecule has 6 heteroatoms. The predicted molar refractivity (Wildman–Crippen MR) is 94.4 cm³/mol. The van der Waals surface area contributed by atoms with Gasteiger partial charge in [-0.05, 0) is 30.5 Å². The summed E-state index contributed by atoms with van der Waals surface area (Å²) in [5, 5.41) is 5.56. The zero-order chi connectivity index (χ0) is 16.7. The fourth-order valence-corrected chi connectivity index (χ4v) is 2.34. The number of para-hydroxylation sites is 1. The first-order chi connectivity index (χ1) is 11.1. The van der Waals surface area contributed by atoms with Crippen LogP contribution < -0.4 is 15.4 Å². The number of benzene rings is 2. The highest BCUT2D eigenvalue weighted by Gasteiger charge is 2.13. The molecule has 2 amide bonds. The van der Waals surface area contributed by atoms with Crippen molar-refractivity contribution in [3.63, 3.8) is 0 Å². The second kappa shape index (κ2) is 8.24. The Hall–Kier alpha value is -2.47. The van der Waals surface area contributed by atoms with E-state index in [2.05, 4.69) is 10.6 Å². The van der Waals surface area contributed by atoms with E-state index in [1.54, 1.807) is 55.6 Å². The third kappa shape index (κ3) is 4.75. The number of carbonyl (C=O) groups is 2. The van der Waals surface area contributed by atoms with Gasteiger partial charge in [-0.3, -0.25) is 9.59 Å². The number of hydrogen-bond donors (Lipinski definition) is 2. The summed E-state index contributed by atoms with van der Waals surface area (Å²) in [7, 11) is 1.57. The van der Waals surface area contributed by atoms with E-state index in [1.165, 1.54) is 11.8 Å². The molecule has 23 heavy (non-hydrogen) atoms. The average Bonchev–Trinajstić information content (AvgIpc) is 2.55. The Morgan fingerprint density at radius 3 is 2.61 bits per heavy atom. The molecule has 2 N–H and O–H groups in total. The van der Waals surface area contributed by atoms with Crippen LogP contribution in [0.25, 0.3) is 0 Å². The van der Waals surface area contributed by atoms with Crippen LogP contribution in [0, 0.1) is 0 Å². The highest BCUT2D eigenvalue weighted by atomic mass is 32.2. The van der Waals surface area contributed by atoms with E-state index in [0.29, 0.717) is 28.4 Å². The van der Waals surface area contributed by atoms with E-state index >= 15 is 0 Å². The maximum atomic E-state index is 12.5. The quantitative estimate of drug-likeness (QED) is 0.853. The molecule has 0 aromatic heterocycles. The molecule has 0 heterocycles. The minimum absolute atomic E-state index is 0.140. The largest absolute Gasteiger partial charge is 0.497 e. The third-order valence-electron chi connectivity index (χ3n) is 3.05. The van der Waals surface area contributed by atoms with Gasteiger partial charge >= 0.3 is 0 Å². The summed E-state index contributed by atoms with van der Waals surface area (Å²) in [6.45, 7) is 0. The summed E-state index contributed by atoms with van der Waals surface area (Å²) < 4.78 is 5.13. The summed E-state index contributed by atoms with van der Waals surface area (Å²) in [5.74, 6) is 0.563. The van der Waals surface area contributed by atoms with Crippen molar-refractivity contribution in [1.29, 1.82) is 0 Å². The molecule has 0 atom stereocenters. The van der Waals surface area contributed by atoms with Gasteiger partial charge in [0.25, 0.3) is 5.91 Å². The first kappa shape index (κ1) is 16.9. The smallest absolute Gasteiger partial charge is 0.257 e. The molecule has 120 valence electrons. The Morgan fingerprint density at radius 1 is 1.09 bits per heavy atom. The van der Waals surface area contributed by atoms with Crippen LogP contribution in [0.2, 0.25) is 0 Å². The van der Waals surface area contributed by atoms with Crippen molar-refractivity contribution in [1.82, 2.24) is 0 Å². The number of ether oxygens (including phenoxy) is 1. The van der Waals surface area contributed by atoms with Crippen LogP contribution in [0.5, 0.6) is 5.75 Å². The molecular formula is C17H18N2O3S. The normalized spacial score (nSPS) is 10.0. The zero-order valence-corrected chi connectivity index (χ0v) is 13.8. The van der Waals surface area contributed by atoms with Gasteiger partial charge in [-0.25, -0.2) is 0 Å². The third-order valence-corrected chi connectivity index (χ3v) is 3.60. The standard InChI is InChI=1S/C17H18N2O3S/c1-22-13-7-5-6-12(10-13)18-17(21)14-8-3-4-9-15(14)19-16(20)11-23-2/h3-10H,11H2,1-2H3,(H,18,21)(H,19,20). The van der Waals surface area contributed by atoms with Crippen LogP contribution in [0.15, 0.2) is 48.5 Å². The Kier molecular flexibility index (Phi) is 6.05. The average molecular weight is 330 g/mol. The van der Waals surface area contributed by atoms with Crippen LogP contribution in [0.4, 0.5) is 11.4 Å². The lowest BCUT2D eigenvalue weighted by molar-refractivity contribution is -0.113. The second-order valence-corrected chi connectivity index (χ2v) is 5.58. The summed E-state index contributed by atoms with van der Waals surface area (Å²) in [6, 6.07) is 14.0. The lowest BCUT2D eigenvalue weighted by Gasteiger charge is -2.11. The lowest BCUT2D eigenvalue weighted by Crippen LogP contribution is -2.19. The highest BCUT2D eigenvalue weighted by Crippen LogP contribution is 2.20. The molecule has 0 aliphatic heterocycles. The molecule has 0 aliphatic carbocycles. The predicted octanol–water partition coefficient (Wildman–Crippen LogP) is 3.25. The highest BCUT2D eigenvalue weighted by molar-refractivity contribution is 7.99. The van der Waals surface area contributed by atoms with Crippen LogP contribution in [0.3, 0.4) is 0 Å². The van der Waals surface area contributed by atoms with Crippen molar-refractivity contribution in [3.05, 3.63) is 54.1 Å². The molecule has 5 nitrogen and oxygen atoms in total. The van der Waals surface area contributed by atoms with Crippen LogP contribution in [-0.4, -0.2) is 30.9 Å². The summed E-state index contributed by atoms with van der Waals surface area (Å²) >= 11 is 1.42. The van der Waals surface area contributed by atoms with Crippen molar-refractivity contribution in [2.24, 2.45) is 0 Å². The van der Waals surface area contributed by atoms with Crippen molar-refractivity contribution in [3.8, 4) is 5.75 Å².